The number of nitrogen functional groups attached to an aromatic ring is 1. The molecule has 2 aromatic heterocycles. The van der Waals surface area contributed by atoms with E-state index in [1.54, 1.807) is 0 Å². The Hall–Kier alpha value is -2.60. The van der Waals surface area contributed by atoms with Crippen LogP contribution in [-0.4, -0.2) is 14.9 Å². The van der Waals surface area contributed by atoms with Crippen LogP contribution in [0.3, 0.4) is 0 Å². The minimum absolute atomic E-state index is 0.0275. The first-order valence-corrected chi connectivity index (χ1v) is 6.12. The summed E-state index contributed by atoms with van der Waals surface area (Å²) in [6.07, 6.45) is 0. The Kier molecular flexibility index (Phi) is 2.80. The van der Waals surface area contributed by atoms with Crippen LogP contribution < -0.4 is 17.0 Å². The van der Waals surface area contributed by atoms with Crippen molar-refractivity contribution >= 4 is 22.4 Å². The van der Waals surface area contributed by atoms with Crippen molar-refractivity contribution in [3.05, 3.63) is 62.3 Å². The lowest BCUT2D eigenvalue weighted by Crippen LogP contribution is -2.35. The first-order valence-electron chi connectivity index (χ1n) is 5.74. The predicted octanol–water partition coefficient (Wildman–Crippen LogP) is 1.12. The average Bonchev–Trinajstić information content (AvgIpc) is 2.45. The molecule has 0 radical (unpaired) electrons. The van der Waals surface area contributed by atoms with E-state index in [9.17, 15) is 9.59 Å². The minimum Gasteiger partial charge on any atom is -0.321 e. The van der Waals surface area contributed by atoms with Crippen LogP contribution in [-0.2, 0) is 0 Å². The second-order valence-corrected chi connectivity index (χ2v) is 4.56. The smallest absolute Gasteiger partial charge is 0.292 e. The number of aromatic nitrogens is 3. The molecule has 0 amide bonds. The number of nitrogens with zero attached hydrogens (tertiary/aromatic N) is 2. The van der Waals surface area contributed by atoms with Gasteiger partial charge in [-0.15, -0.1) is 0 Å². The number of H-pyrrole nitrogens is 1. The van der Waals surface area contributed by atoms with Crippen molar-refractivity contribution in [3.8, 4) is 11.3 Å². The van der Waals surface area contributed by atoms with E-state index < -0.39 is 11.1 Å². The fraction of sp³-hybridized carbons (Fsp3) is 0. The van der Waals surface area contributed by atoms with Gasteiger partial charge in [0.2, 0.25) is 0 Å². The number of hydrogen-bond donors (Lipinski definition) is 2. The van der Waals surface area contributed by atoms with Crippen molar-refractivity contribution in [2.24, 2.45) is 0 Å². The third-order valence-electron chi connectivity index (χ3n) is 2.94. The highest BCUT2D eigenvalue weighted by molar-refractivity contribution is 6.34. The Labute approximate surface area is 117 Å². The van der Waals surface area contributed by atoms with Crippen LogP contribution in [0.25, 0.3) is 22.0 Å². The van der Waals surface area contributed by atoms with Gasteiger partial charge in [-0.1, -0.05) is 41.9 Å². The molecule has 0 fully saturated rings. The van der Waals surface area contributed by atoms with Gasteiger partial charge < -0.3 is 5.84 Å². The molecule has 2 heterocycles. The van der Waals surface area contributed by atoms with E-state index >= 15 is 0 Å². The standard InChI is InChI=1S/C13H9ClN4O2/c14-11-10-8(13(20)18(15)17-12(10)19)6-9(16-11)7-4-2-1-3-5-7/h1-6H,15H2,(H,17,19). The SMILES string of the molecule is Nn1[nH]c(=O)c2c(Cl)nc(-c3ccccc3)cc2c1=O. The van der Waals surface area contributed by atoms with Gasteiger partial charge in [0.05, 0.1) is 16.5 Å². The number of nitrogens with one attached hydrogen (secondary N) is 1. The molecule has 0 aliphatic heterocycles. The molecule has 0 unspecified atom stereocenters. The molecule has 0 bridgehead atoms. The molecule has 0 aliphatic carbocycles. The number of rotatable bonds is 1. The number of hydrogen-bond acceptors (Lipinski definition) is 4. The number of nitrogens with two attached hydrogens (primary N) is 1. The normalized spacial score (nSPS) is 10.8. The summed E-state index contributed by atoms with van der Waals surface area (Å²) in [5.41, 5.74) is 0.200. The fourth-order valence-electron chi connectivity index (χ4n) is 2.00. The molecular formula is C13H9ClN4O2. The Bertz CT molecular complexity index is 915. The zero-order chi connectivity index (χ0) is 14.3. The Balaban J connectivity index is 2.43. The Morgan fingerprint density at radius 1 is 1.20 bits per heavy atom. The first kappa shape index (κ1) is 12.4. The van der Waals surface area contributed by atoms with Gasteiger partial charge in [0.1, 0.15) is 5.15 Å². The Morgan fingerprint density at radius 3 is 2.60 bits per heavy atom. The van der Waals surface area contributed by atoms with Crippen LogP contribution >= 0.6 is 11.6 Å². The predicted molar refractivity (Wildman–Crippen MR) is 77.2 cm³/mol. The molecule has 0 aliphatic rings. The van der Waals surface area contributed by atoms with Gasteiger partial charge in [-0.2, -0.15) is 4.79 Å². The van der Waals surface area contributed by atoms with Crippen molar-refractivity contribution in [1.29, 1.82) is 0 Å². The molecular weight excluding hydrogens is 280 g/mol. The monoisotopic (exact) mass is 288 g/mol. The molecule has 0 spiro atoms. The van der Waals surface area contributed by atoms with Gasteiger partial charge in [-0.25, -0.2) is 10.1 Å². The summed E-state index contributed by atoms with van der Waals surface area (Å²) in [7, 11) is 0. The van der Waals surface area contributed by atoms with E-state index in [2.05, 4.69) is 10.1 Å². The van der Waals surface area contributed by atoms with E-state index in [0.29, 0.717) is 10.5 Å². The van der Waals surface area contributed by atoms with E-state index in [4.69, 9.17) is 17.4 Å². The van der Waals surface area contributed by atoms with Crippen molar-refractivity contribution in [2.75, 3.05) is 5.84 Å². The highest BCUT2D eigenvalue weighted by atomic mass is 35.5. The summed E-state index contributed by atoms with van der Waals surface area (Å²) < 4.78 is 0. The molecule has 100 valence electrons. The molecule has 3 N–H and O–H groups in total. The summed E-state index contributed by atoms with van der Waals surface area (Å²) in [5.74, 6) is 5.41. The van der Waals surface area contributed by atoms with E-state index in [-0.39, 0.29) is 15.9 Å². The van der Waals surface area contributed by atoms with Crippen LogP contribution in [0.4, 0.5) is 0 Å². The molecule has 0 saturated carbocycles. The van der Waals surface area contributed by atoms with Crippen molar-refractivity contribution in [1.82, 2.24) is 14.9 Å². The van der Waals surface area contributed by atoms with Crippen molar-refractivity contribution in [3.63, 3.8) is 0 Å². The summed E-state index contributed by atoms with van der Waals surface area (Å²) in [6, 6.07) is 10.7. The van der Waals surface area contributed by atoms with Gasteiger partial charge >= 0.3 is 0 Å². The topological polar surface area (TPSA) is 93.8 Å². The zero-order valence-corrected chi connectivity index (χ0v) is 10.9. The second kappa shape index (κ2) is 4.50. The van der Waals surface area contributed by atoms with E-state index in [1.165, 1.54) is 6.07 Å². The molecule has 20 heavy (non-hydrogen) atoms. The highest BCUT2D eigenvalue weighted by Gasteiger charge is 2.13. The van der Waals surface area contributed by atoms with Crippen LogP contribution in [0, 0.1) is 0 Å². The van der Waals surface area contributed by atoms with Crippen LogP contribution in [0.15, 0.2) is 46.0 Å². The molecule has 3 aromatic rings. The molecule has 1 aromatic carbocycles. The van der Waals surface area contributed by atoms with Gasteiger partial charge in [-0.05, 0) is 6.07 Å². The van der Waals surface area contributed by atoms with Crippen LogP contribution in [0.5, 0.6) is 0 Å². The van der Waals surface area contributed by atoms with Crippen molar-refractivity contribution < 1.29 is 0 Å². The maximum atomic E-state index is 12.0. The molecule has 0 saturated heterocycles. The zero-order valence-electron chi connectivity index (χ0n) is 10.1. The Morgan fingerprint density at radius 2 is 1.90 bits per heavy atom. The largest absolute Gasteiger partial charge is 0.321 e. The fourth-order valence-corrected chi connectivity index (χ4v) is 2.28. The minimum atomic E-state index is -0.556. The molecule has 7 heteroatoms. The third-order valence-corrected chi connectivity index (χ3v) is 3.22. The number of fused-ring (bicyclic) bond motifs is 1. The van der Waals surface area contributed by atoms with E-state index in [0.717, 1.165) is 5.56 Å². The number of pyridine rings is 1. The summed E-state index contributed by atoms with van der Waals surface area (Å²) >= 11 is 6.02. The maximum absolute atomic E-state index is 12.0. The summed E-state index contributed by atoms with van der Waals surface area (Å²) in [6.45, 7) is 0. The second-order valence-electron chi connectivity index (χ2n) is 4.20. The summed E-state index contributed by atoms with van der Waals surface area (Å²) in [5, 5.41) is 2.33. The van der Waals surface area contributed by atoms with E-state index in [1.807, 2.05) is 30.3 Å². The van der Waals surface area contributed by atoms with Gasteiger partial charge in [0.25, 0.3) is 11.1 Å². The quantitative estimate of drug-likeness (QED) is 0.518. The highest BCUT2D eigenvalue weighted by Crippen LogP contribution is 2.23. The molecule has 0 atom stereocenters. The lowest BCUT2D eigenvalue weighted by molar-refractivity contribution is 0.758. The maximum Gasteiger partial charge on any atom is 0.292 e. The first-order chi connectivity index (χ1) is 9.58. The lowest BCUT2D eigenvalue weighted by atomic mass is 10.1. The lowest BCUT2D eigenvalue weighted by Gasteiger charge is -2.06. The number of halogens is 1. The van der Waals surface area contributed by atoms with Crippen LogP contribution in [0.2, 0.25) is 5.15 Å². The van der Waals surface area contributed by atoms with Gasteiger partial charge in [0, 0.05) is 5.56 Å². The van der Waals surface area contributed by atoms with Gasteiger partial charge in [-0.3, -0.25) is 9.59 Å². The van der Waals surface area contributed by atoms with Crippen LogP contribution in [0.1, 0.15) is 0 Å². The third kappa shape index (κ3) is 1.86. The molecule has 6 nitrogen and oxygen atoms in total. The number of aromatic amines is 1. The van der Waals surface area contributed by atoms with Crippen molar-refractivity contribution in [2.45, 2.75) is 0 Å². The number of benzene rings is 1. The van der Waals surface area contributed by atoms with Gasteiger partial charge in [0.15, 0.2) is 0 Å². The average molecular weight is 289 g/mol. The molecule has 3 rings (SSSR count). The summed E-state index contributed by atoms with van der Waals surface area (Å²) in [4.78, 5) is 28.6.